The summed E-state index contributed by atoms with van der Waals surface area (Å²) in [4.78, 5) is 42.2. The van der Waals surface area contributed by atoms with Gasteiger partial charge < -0.3 is 10.6 Å². The number of hydrogen-bond acceptors (Lipinski definition) is 4. The van der Waals surface area contributed by atoms with E-state index in [9.17, 15) is 14.4 Å². The van der Waals surface area contributed by atoms with Crippen LogP contribution in [0.5, 0.6) is 0 Å². The van der Waals surface area contributed by atoms with Crippen molar-refractivity contribution in [3.8, 4) is 0 Å². The lowest BCUT2D eigenvalue weighted by Crippen LogP contribution is -2.42. The molecular weight excluding hydrogens is 368 g/mol. The second-order valence-corrected chi connectivity index (χ2v) is 7.48. The van der Waals surface area contributed by atoms with Crippen molar-refractivity contribution in [1.29, 1.82) is 0 Å². The van der Waals surface area contributed by atoms with E-state index in [0.717, 1.165) is 43.2 Å². The van der Waals surface area contributed by atoms with Gasteiger partial charge in [-0.25, -0.2) is 4.79 Å². The minimum absolute atomic E-state index is 0.0438. The van der Waals surface area contributed by atoms with Crippen LogP contribution in [0.2, 0.25) is 0 Å². The Kier molecular flexibility index (Phi) is 7.82. The van der Waals surface area contributed by atoms with E-state index < -0.39 is 11.2 Å². The van der Waals surface area contributed by atoms with Gasteiger partial charge in [0.2, 0.25) is 0 Å². The summed E-state index contributed by atoms with van der Waals surface area (Å²) in [7, 11) is 0. The normalized spacial score (nSPS) is 10.9. The van der Waals surface area contributed by atoms with Gasteiger partial charge in [-0.15, -0.1) is 0 Å². The maximum Gasteiger partial charge on any atom is 0.330 e. The van der Waals surface area contributed by atoms with E-state index in [4.69, 9.17) is 5.73 Å². The Morgan fingerprint density at radius 2 is 1.79 bits per heavy atom. The molecule has 0 fully saturated rings. The van der Waals surface area contributed by atoms with Crippen molar-refractivity contribution in [3.05, 3.63) is 55.7 Å². The van der Waals surface area contributed by atoms with Gasteiger partial charge in [-0.2, -0.15) is 0 Å². The number of nitrogen functional groups attached to an aromatic ring is 1. The number of rotatable bonds is 9. The molecule has 0 radical (unpaired) electrons. The van der Waals surface area contributed by atoms with Crippen LogP contribution in [0.1, 0.15) is 67.4 Å². The Hall–Kier alpha value is -2.83. The van der Waals surface area contributed by atoms with Crippen molar-refractivity contribution in [2.75, 3.05) is 17.2 Å². The monoisotopic (exact) mass is 400 g/mol. The summed E-state index contributed by atoms with van der Waals surface area (Å²) in [5.41, 5.74) is 7.47. The van der Waals surface area contributed by atoms with Crippen molar-refractivity contribution in [2.24, 2.45) is 0 Å². The Labute approximate surface area is 171 Å². The molecule has 1 heterocycles. The summed E-state index contributed by atoms with van der Waals surface area (Å²) < 4.78 is 1.35. The van der Waals surface area contributed by atoms with Crippen molar-refractivity contribution in [3.63, 3.8) is 0 Å². The molecule has 3 N–H and O–H groups in total. The highest BCUT2D eigenvalue weighted by Crippen LogP contribution is 2.22. The van der Waals surface area contributed by atoms with Gasteiger partial charge in [-0.3, -0.25) is 19.1 Å². The van der Waals surface area contributed by atoms with Gasteiger partial charge in [0.25, 0.3) is 11.5 Å². The van der Waals surface area contributed by atoms with Crippen molar-refractivity contribution in [1.82, 2.24) is 9.55 Å². The third kappa shape index (κ3) is 5.16. The molecule has 0 saturated heterocycles. The first-order valence-corrected chi connectivity index (χ1v) is 10.3. The van der Waals surface area contributed by atoms with Crippen LogP contribution in [0.15, 0.2) is 27.8 Å². The molecule has 0 aliphatic carbocycles. The average molecular weight is 401 g/mol. The fraction of sp³-hybridized carbons (Fsp3) is 0.500. The second kappa shape index (κ2) is 10.1. The number of anilines is 2. The van der Waals surface area contributed by atoms with Crippen LogP contribution in [0.3, 0.4) is 0 Å². The number of unbranched alkanes of at least 4 members (excludes halogenated alkanes) is 3. The van der Waals surface area contributed by atoms with Gasteiger partial charge in [-0.1, -0.05) is 50.8 Å². The minimum Gasteiger partial charge on any atom is -0.383 e. The van der Waals surface area contributed by atoms with Crippen molar-refractivity contribution in [2.45, 2.75) is 66.3 Å². The predicted molar refractivity (Wildman–Crippen MR) is 118 cm³/mol. The molecule has 29 heavy (non-hydrogen) atoms. The van der Waals surface area contributed by atoms with Crippen LogP contribution in [-0.2, 0) is 6.54 Å². The summed E-state index contributed by atoms with van der Waals surface area (Å²) in [6.45, 7) is 8.62. The fourth-order valence-corrected chi connectivity index (χ4v) is 3.32. The molecule has 1 aromatic carbocycles. The highest BCUT2D eigenvalue weighted by atomic mass is 16.2. The van der Waals surface area contributed by atoms with E-state index >= 15 is 0 Å². The Balaban J connectivity index is 2.60. The van der Waals surface area contributed by atoms with Crippen LogP contribution >= 0.6 is 0 Å². The number of H-pyrrole nitrogens is 1. The molecule has 7 nitrogen and oxygen atoms in total. The lowest BCUT2D eigenvalue weighted by Gasteiger charge is -2.25. The first kappa shape index (κ1) is 22.5. The minimum atomic E-state index is -0.629. The fourth-order valence-electron chi connectivity index (χ4n) is 3.32. The second-order valence-electron chi connectivity index (χ2n) is 7.48. The highest BCUT2D eigenvalue weighted by molar-refractivity contribution is 6.08. The van der Waals surface area contributed by atoms with E-state index in [-0.39, 0.29) is 17.4 Å². The molecule has 0 unspecified atom stereocenters. The molecule has 1 amide bonds. The lowest BCUT2D eigenvalue weighted by molar-refractivity contribution is 0.0985. The number of carbonyl (C=O) groups excluding carboxylic acids is 1. The zero-order chi connectivity index (χ0) is 21.6. The number of nitrogens with one attached hydrogen (secondary N) is 1. The Morgan fingerprint density at radius 1 is 1.10 bits per heavy atom. The first-order valence-electron chi connectivity index (χ1n) is 10.3. The Morgan fingerprint density at radius 3 is 2.45 bits per heavy atom. The van der Waals surface area contributed by atoms with E-state index in [2.05, 4.69) is 11.9 Å². The molecule has 0 atom stereocenters. The number of amides is 1. The largest absolute Gasteiger partial charge is 0.383 e. The highest BCUT2D eigenvalue weighted by Gasteiger charge is 2.26. The maximum atomic E-state index is 13.5. The van der Waals surface area contributed by atoms with E-state index in [0.29, 0.717) is 18.7 Å². The van der Waals surface area contributed by atoms with Crippen molar-refractivity contribution >= 4 is 17.4 Å². The third-order valence-electron chi connectivity index (χ3n) is 5.07. The van der Waals surface area contributed by atoms with E-state index in [1.807, 2.05) is 39.0 Å². The van der Waals surface area contributed by atoms with Crippen LogP contribution in [0.25, 0.3) is 0 Å². The molecule has 2 aromatic rings. The van der Waals surface area contributed by atoms with Gasteiger partial charge in [0.05, 0.1) is 0 Å². The van der Waals surface area contributed by atoms with Crippen LogP contribution < -0.4 is 21.9 Å². The molecule has 158 valence electrons. The molecule has 0 aliphatic heterocycles. The number of nitrogens with two attached hydrogens (primary N) is 1. The molecule has 1 aromatic heterocycles. The third-order valence-corrected chi connectivity index (χ3v) is 5.07. The van der Waals surface area contributed by atoms with Crippen LogP contribution in [0, 0.1) is 13.8 Å². The van der Waals surface area contributed by atoms with Crippen molar-refractivity contribution < 1.29 is 4.79 Å². The molecule has 7 heteroatoms. The molecule has 0 aliphatic rings. The number of carbonyl (C=O) groups is 1. The maximum absolute atomic E-state index is 13.5. The lowest BCUT2D eigenvalue weighted by atomic mass is 10.0. The smallest absolute Gasteiger partial charge is 0.330 e. The molecule has 0 saturated carbocycles. The Bertz CT molecular complexity index is 975. The summed E-state index contributed by atoms with van der Waals surface area (Å²) in [6.07, 6.45) is 4.26. The van der Waals surface area contributed by atoms with Gasteiger partial charge in [-0.05, 0) is 38.3 Å². The molecule has 0 bridgehead atoms. The topological polar surface area (TPSA) is 101 Å². The van der Waals surface area contributed by atoms with Gasteiger partial charge >= 0.3 is 5.69 Å². The number of aromatic amines is 1. The van der Waals surface area contributed by atoms with Gasteiger partial charge in [0.1, 0.15) is 5.82 Å². The quantitative estimate of drug-likeness (QED) is 0.630. The molecule has 2 rings (SSSR count). The number of nitrogens with zero attached hydrogens (tertiary/aromatic N) is 2. The number of benzene rings is 1. The zero-order valence-electron chi connectivity index (χ0n) is 17.9. The first-order chi connectivity index (χ1) is 13.8. The number of aromatic nitrogens is 2. The molecule has 0 spiro atoms. The average Bonchev–Trinajstić information content (AvgIpc) is 2.68. The van der Waals surface area contributed by atoms with Crippen LogP contribution in [-0.4, -0.2) is 22.0 Å². The summed E-state index contributed by atoms with van der Waals surface area (Å²) in [5, 5.41) is 0. The summed E-state index contributed by atoms with van der Waals surface area (Å²) in [6, 6.07) is 5.66. The van der Waals surface area contributed by atoms with E-state index in [1.165, 1.54) is 9.47 Å². The molecular formula is C22H32N4O3. The zero-order valence-corrected chi connectivity index (χ0v) is 17.9. The number of aryl methyl sites for hydroxylation is 2. The van der Waals surface area contributed by atoms with Crippen LogP contribution in [0.4, 0.5) is 11.5 Å². The van der Waals surface area contributed by atoms with Gasteiger partial charge in [0.15, 0.2) is 5.69 Å². The standard InChI is InChI=1S/C22H32N4O3/c1-5-7-9-13-25(21(28)17-14-15(3)10-11-16(17)4)18-19(23)26(12-8-6-2)22(29)24-20(18)27/h10-11,14H,5-9,12-13,23H2,1-4H3,(H,24,27,29). The van der Waals surface area contributed by atoms with Gasteiger partial charge in [0, 0.05) is 18.7 Å². The number of hydrogen-bond donors (Lipinski definition) is 2. The SMILES string of the molecule is CCCCCN(C(=O)c1cc(C)ccc1C)c1c(N)n(CCCC)c(=O)[nH]c1=O. The van der Waals surface area contributed by atoms with E-state index in [1.54, 1.807) is 0 Å². The summed E-state index contributed by atoms with van der Waals surface area (Å²) >= 11 is 0. The predicted octanol–water partition coefficient (Wildman–Crippen LogP) is 3.37. The summed E-state index contributed by atoms with van der Waals surface area (Å²) in [5.74, 6) is -0.234.